The molecule has 0 spiro atoms. The fourth-order valence-electron chi connectivity index (χ4n) is 2.89. The summed E-state index contributed by atoms with van der Waals surface area (Å²) >= 11 is 2.86. The maximum Gasteiger partial charge on any atom is 0.191 e. The zero-order valence-corrected chi connectivity index (χ0v) is 17.8. The van der Waals surface area contributed by atoms with Gasteiger partial charge in [0.05, 0.1) is 19.8 Å². The van der Waals surface area contributed by atoms with Crippen molar-refractivity contribution in [2.75, 3.05) is 24.8 Å². The summed E-state index contributed by atoms with van der Waals surface area (Å²) in [5, 5.41) is 14.1. The molecule has 2 aromatic heterocycles. The van der Waals surface area contributed by atoms with Crippen molar-refractivity contribution < 1.29 is 9.84 Å². The number of anilines is 2. The summed E-state index contributed by atoms with van der Waals surface area (Å²) in [6.45, 7) is 4.28. The Hall–Kier alpha value is -2.10. The number of nitrogens with zero attached hydrogens (tertiary/aromatic N) is 3. The maximum atomic E-state index is 9.73. The predicted octanol–water partition coefficient (Wildman–Crippen LogP) is 3.79. The van der Waals surface area contributed by atoms with Crippen LogP contribution < -0.4 is 15.8 Å². The van der Waals surface area contributed by atoms with Gasteiger partial charge in [0.15, 0.2) is 21.8 Å². The van der Waals surface area contributed by atoms with Gasteiger partial charge in [-0.05, 0) is 18.4 Å². The first-order valence-electron chi connectivity index (χ1n) is 9.06. The van der Waals surface area contributed by atoms with Crippen molar-refractivity contribution in [3.8, 4) is 5.75 Å². The van der Waals surface area contributed by atoms with Gasteiger partial charge in [-0.3, -0.25) is 0 Å². The molecular formula is C19H25N5O2S2. The molecule has 0 saturated carbocycles. The lowest BCUT2D eigenvalue weighted by atomic mass is 10.0. The second kappa shape index (κ2) is 9.40. The fourth-order valence-corrected chi connectivity index (χ4v) is 4.44. The molecule has 1 atom stereocenters. The normalized spacial score (nSPS) is 12.5. The molecule has 0 aliphatic carbocycles. The predicted molar refractivity (Wildman–Crippen MR) is 116 cm³/mol. The standard InChI is InChI=1S/C19H25N5O2S2/c1-11(2)8-13(9-25)21-16-15-17(22-18(20)28-15)24-19(23-16)27-10-12-6-4-5-7-14(12)26-3/h4-7,11,13,25H,8-10H2,1-3H3,(H3,20,21,22,23,24)/t13-/m1/s1. The molecule has 150 valence electrons. The van der Waals surface area contributed by atoms with Crippen molar-refractivity contribution in [2.24, 2.45) is 5.92 Å². The van der Waals surface area contributed by atoms with E-state index < -0.39 is 0 Å². The van der Waals surface area contributed by atoms with E-state index in [1.807, 2.05) is 24.3 Å². The first-order chi connectivity index (χ1) is 13.5. The number of thioether (sulfide) groups is 1. The van der Waals surface area contributed by atoms with Gasteiger partial charge in [0, 0.05) is 11.3 Å². The molecule has 0 bridgehead atoms. The van der Waals surface area contributed by atoms with Crippen LogP contribution in [0.25, 0.3) is 10.3 Å². The molecule has 0 aliphatic heterocycles. The summed E-state index contributed by atoms with van der Waals surface area (Å²) < 4.78 is 6.22. The lowest BCUT2D eigenvalue weighted by Crippen LogP contribution is -2.26. The number of thiazole rings is 1. The van der Waals surface area contributed by atoms with Gasteiger partial charge in [-0.2, -0.15) is 0 Å². The van der Waals surface area contributed by atoms with Gasteiger partial charge in [-0.15, -0.1) is 0 Å². The first-order valence-corrected chi connectivity index (χ1v) is 10.9. The number of rotatable bonds is 9. The van der Waals surface area contributed by atoms with E-state index in [-0.39, 0.29) is 12.6 Å². The number of nitrogens with one attached hydrogen (secondary N) is 1. The number of aliphatic hydroxyl groups is 1. The van der Waals surface area contributed by atoms with Crippen LogP contribution in [0.1, 0.15) is 25.8 Å². The van der Waals surface area contributed by atoms with Gasteiger partial charge in [0.25, 0.3) is 0 Å². The van der Waals surface area contributed by atoms with Crippen LogP contribution in [0.4, 0.5) is 10.9 Å². The zero-order chi connectivity index (χ0) is 20.1. The molecule has 4 N–H and O–H groups in total. The molecule has 0 radical (unpaired) electrons. The van der Waals surface area contributed by atoms with Crippen molar-refractivity contribution in [1.82, 2.24) is 15.0 Å². The molecular weight excluding hydrogens is 394 g/mol. The summed E-state index contributed by atoms with van der Waals surface area (Å²) in [5.41, 5.74) is 7.54. The molecule has 28 heavy (non-hydrogen) atoms. The highest BCUT2D eigenvalue weighted by Crippen LogP contribution is 2.33. The van der Waals surface area contributed by atoms with Crippen molar-refractivity contribution in [1.29, 1.82) is 0 Å². The number of nitrogens with two attached hydrogens (primary N) is 1. The molecule has 0 fully saturated rings. The van der Waals surface area contributed by atoms with Crippen molar-refractivity contribution in [3.05, 3.63) is 29.8 Å². The molecule has 3 aromatic rings. The average molecular weight is 420 g/mol. The van der Waals surface area contributed by atoms with Gasteiger partial charge >= 0.3 is 0 Å². The largest absolute Gasteiger partial charge is 0.496 e. The maximum absolute atomic E-state index is 9.73. The lowest BCUT2D eigenvalue weighted by molar-refractivity contribution is 0.259. The number of para-hydroxylation sites is 1. The third-order valence-electron chi connectivity index (χ3n) is 4.12. The van der Waals surface area contributed by atoms with E-state index >= 15 is 0 Å². The number of aliphatic hydroxyl groups excluding tert-OH is 1. The molecule has 3 rings (SSSR count). The monoisotopic (exact) mass is 419 g/mol. The molecule has 7 nitrogen and oxygen atoms in total. The number of nitrogen functional groups attached to an aromatic ring is 1. The van der Waals surface area contributed by atoms with Crippen LogP contribution >= 0.6 is 23.1 Å². The number of fused-ring (bicyclic) bond motifs is 1. The quantitative estimate of drug-likeness (QED) is 0.355. The Labute approximate surface area is 172 Å². The van der Waals surface area contributed by atoms with Gasteiger partial charge in [-0.1, -0.05) is 55.1 Å². The van der Waals surface area contributed by atoms with Crippen molar-refractivity contribution in [3.63, 3.8) is 0 Å². The topological polar surface area (TPSA) is 106 Å². The highest BCUT2D eigenvalue weighted by atomic mass is 32.2. The second-order valence-corrected chi connectivity index (χ2v) is 8.79. The second-order valence-electron chi connectivity index (χ2n) is 6.81. The van der Waals surface area contributed by atoms with Gasteiger partial charge in [0.2, 0.25) is 0 Å². The molecule has 0 aliphatic rings. The molecule has 0 unspecified atom stereocenters. The van der Waals surface area contributed by atoms with E-state index in [0.717, 1.165) is 22.4 Å². The van der Waals surface area contributed by atoms with E-state index in [1.54, 1.807) is 7.11 Å². The Kier molecular flexibility index (Phi) is 6.93. The Balaban J connectivity index is 1.86. The zero-order valence-electron chi connectivity index (χ0n) is 16.2. The summed E-state index contributed by atoms with van der Waals surface area (Å²) in [4.78, 5) is 13.6. The van der Waals surface area contributed by atoms with Gasteiger partial charge in [-0.25, -0.2) is 15.0 Å². The molecule has 0 amide bonds. The van der Waals surface area contributed by atoms with E-state index in [2.05, 4.69) is 34.1 Å². The molecule has 2 heterocycles. The third-order valence-corrected chi connectivity index (χ3v) is 5.89. The Morgan fingerprint density at radius 1 is 1.25 bits per heavy atom. The molecule has 9 heteroatoms. The minimum Gasteiger partial charge on any atom is -0.496 e. The van der Waals surface area contributed by atoms with Crippen LogP contribution in [0.5, 0.6) is 5.75 Å². The van der Waals surface area contributed by atoms with E-state index in [9.17, 15) is 5.11 Å². The van der Waals surface area contributed by atoms with Crippen molar-refractivity contribution >= 4 is 44.4 Å². The number of methoxy groups -OCH3 is 1. The summed E-state index contributed by atoms with van der Waals surface area (Å²) in [5.74, 6) is 2.63. The van der Waals surface area contributed by atoms with Crippen LogP contribution in [0.3, 0.4) is 0 Å². The summed E-state index contributed by atoms with van der Waals surface area (Å²) in [6.07, 6.45) is 0.833. The first kappa shape index (κ1) is 20.6. The Bertz CT molecular complexity index is 932. The van der Waals surface area contributed by atoms with Crippen LogP contribution in [0.15, 0.2) is 29.4 Å². The number of hydrogen-bond acceptors (Lipinski definition) is 9. The van der Waals surface area contributed by atoms with E-state index in [1.165, 1.54) is 23.1 Å². The number of benzene rings is 1. The van der Waals surface area contributed by atoms with Crippen LogP contribution in [-0.2, 0) is 5.75 Å². The van der Waals surface area contributed by atoms with Crippen molar-refractivity contribution in [2.45, 2.75) is 37.2 Å². The number of aromatic nitrogens is 3. The lowest BCUT2D eigenvalue weighted by Gasteiger charge is -2.19. The Morgan fingerprint density at radius 2 is 2.04 bits per heavy atom. The number of ether oxygens (including phenoxy) is 1. The van der Waals surface area contributed by atoms with Crippen LogP contribution in [0.2, 0.25) is 0 Å². The minimum atomic E-state index is -0.0894. The Morgan fingerprint density at radius 3 is 2.75 bits per heavy atom. The highest BCUT2D eigenvalue weighted by molar-refractivity contribution is 7.98. The highest BCUT2D eigenvalue weighted by Gasteiger charge is 2.17. The SMILES string of the molecule is COc1ccccc1CSc1nc(N[C@@H](CO)CC(C)C)c2sc(N)nc2n1. The summed E-state index contributed by atoms with van der Waals surface area (Å²) in [7, 11) is 1.66. The average Bonchev–Trinajstić information content (AvgIpc) is 3.06. The van der Waals surface area contributed by atoms with Crippen LogP contribution in [-0.4, -0.2) is 39.8 Å². The van der Waals surface area contributed by atoms with E-state index in [4.69, 9.17) is 10.5 Å². The van der Waals surface area contributed by atoms with Crippen LogP contribution in [0, 0.1) is 5.92 Å². The van der Waals surface area contributed by atoms with E-state index in [0.29, 0.717) is 33.4 Å². The van der Waals surface area contributed by atoms with Gasteiger partial charge < -0.3 is 20.9 Å². The molecule has 1 aromatic carbocycles. The third kappa shape index (κ3) is 5.03. The summed E-state index contributed by atoms with van der Waals surface area (Å²) in [6, 6.07) is 7.79. The minimum absolute atomic E-state index is 0.0294. The molecule has 0 saturated heterocycles. The smallest absolute Gasteiger partial charge is 0.191 e. The number of hydrogen-bond donors (Lipinski definition) is 3. The fraction of sp³-hybridized carbons (Fsp3) is 0.421. The van der Waals surface area contributed by atoms with Gasteiger partial charge in [0.1, 0.15) is 10.4 Å².